The molecule has 0 aliphatic carbocycles. The van der Waals surface area contributed by atoms with Crippen molar-refractivity contribution in [1.29, 1.82) is 0 Å². The fourth-order valence-electron chi connectivity index (χ4n) is 2.76. The van der Waals surface area contributed by atoms with Crippen molar-refractivity contribution in [2.24, 2.45) is 5.14 Å². The van der Waals surface area contributed by atoms with Gasteiger partial charge in [-0.1, -0.05) is 11.6 Å². The summed E-state index contributed by atoms with van der Waals surface area (Å²) in [5, 5.41) is 10.9. The summed E-state index contributed by atoms with van der Waals surface area (Å²) in [5.41, 5.74) is 1.12. The van der Waals surface area contributed by atoms with E-state index >= 15 is 0 Å². The summed E-state index contributed by atoms with van der Waals surface area (Å²) >= 11 is 5.85. The number of anilines is 2. The first kappa shape index (κ1) is 19.2. The number of hydrogen-bond donors (Lipinski definition) is 3. The van der Waals surface area contributed by atoms with Gasteiger partial charge in [0, 0.05) is 29.4 Å². The molecule has 0 aromatic heterocycles. The molecule has 0 spiro atoms. The van der Waals surface area contributed by atoms with Crippen molar-refractivity contribution < 1.29 is 18.0 Å². The number of urea groups is 1. The van der Waals surface area contributed by atoms with E-state index in [-0.39, 0.29) is 23.3 Å². The van der Waals surface area contributed by atoms with Gasteiger partial charge in [0.25, 0.3) is 0 Å². The summed E-state index contributed by atoms with van der Waals surface area (Å²) in [7, 11) is -3.79. The molecule has 2 aromatic rings. The van der Waals surface area contributed by atoms with Gasteiger partial charge in [-0.3, -0.25) is 4.79 Å². The zero-order valence-electron chi connectivity index (χ0n) is 14.1. The van der Waals surface area contributed by atoms with E-state index in [9.17, 15) is 18.0 Å². The maximum absolute atomic E-state index is 12.2. The fourth-order valence-corrected chi connectivity index (χ4v) is 3.40. The Kier molecular flexibility index (Phi) is 5.36. The van der Waals surface area contributed by atoms with Crippen molar-refractivity contribution in [3.8, 4) is 0 Å². The van der Waals surface area contributed by atoms with E-state index in [1.54, 1.807) is 29.2 Å². The predicted octanol–water partition coefficient (Wildman–Crippen LogP) is 1.91. The molecule has 3 rings (SSSR count). The van der Waals surface area contributed by atoms with Crippen LogP contribution in [0.4, 0.5) is 16.2 Å². The number of carbonyl (C=O) groups excluding carboxylic acids is 2. The molecule has 10 heteroatoms. The van der Waals surface area contributed by atoms with Crippen molar-refractivity contribution in [2.45, 2.75) is 17.4 Å². The van der Waals surface area contributed by atoms with Crippen LogP contribution in [0.1, 0.15) is 6.42 Å². The number of halogens is 1. The van der Waals surface area contributed by atoms with Gasteiger partial charge >= 0.3 is 6.03 Å². The maximum atomic E-state index is 12.2. The third kappa shape index (κ3) is 4.76. The molecule has 1 fully saturated rings. The Bertz CT molecular complexity index is 961. The van der Waals surface area contributed by atoms with Crippen LogP contribution in [0, 0.1) is 0 Å². The van der Waals surface area contributed by atoms with Crippen molar-refractivity contribution in [3.63, 3.8) is 0 Å². The highest BCUT2D eigenvalue weighted by Gasteiger charge is 2.31. The summed E-state index contributed by atoms with van der Waals surface area (Å²) in [6, 6.07) is 11.5. The van der Waals surface area contributed by atoms with Crippen LogP contribution in [-0.4, -0.2) is 32.9 Å². The molecule has 27 heavy (non-hydrogen) atoms. The zero-order valence-corrected chi connectivity index (χ0v) is 15.6. The number of primary sulfonamides is 1. The van der Waals surface area contributed by atoms with Crippen molar-refractivity contribution in [3.05, 3.63) is 53.6 Å². The van der Waals surface area contributed by atoms with E-state index in [1.807, 2.05) is 0 Å². The monoisotopic (exact) mass is 408 g/mol. The highest BCUT2D eigenvalue weighted by atomic mass is 35.5. The topological polar surface area (TPSA) is 122 Å². The largest absolute Gasteiger partial charge is 0.333 e. The summed E-state index contributed by atoms with van der Waals surface area (Å²) in [6.45, 7) is 0.345. The maximum Gasteiger partial charge on any atom is 0.319 e. The van der Waals surface area contributed by atoms with Gasteiger partial charge in [0.2, 0.25) is 15.9 Å². The molecule has 0 radical (unpaired) electrons. The molecule has 142 valence electrons. The van der Waals surface area contributed by atoms with Gasteiger partial charge in [0.1, 0.15) is 0 Å². The van der Waals surface area contributed by atoms with Crippen LogP contribution in [0.15, 0.2) is 53.4 Å². The van der Waals surface area contributed by atoms with E-state index in [2.05, 4.69) is 10.6 Å². The lowest BCUT2D eigenvalue weighted by Gasteiger charge is -2.17. The number of nitrogens with two attached hydrogens (primary N) is 1. The first-order valence-corrected chi connectivity index (χ1v) is 9.91. The fraction of sp³-hybridized carbons (Fsp3) is 0.176. The first-order chi connectivity index (χ1) is 12.7. The van der Waals surface area contributed by atoms with Crippen molar-refractivity contribution >= 4 is 44.9 Å². The molecule has 8 nitrogen and oxygen atoms in total. The number of amides is 3. The molecule has 0 saturated carbocycles. The van der Waals surface area contributed by atoms with Crippen LogP contribution in [-0.2, 0) is 14.8 Å². The molecular weight excluding hydrogens is 392 g/mol. The van der Waals surface area contributed by atoms with Gasteiger partial charge < -0.3 is 15.5 Å². The number of hydrogen-bond acceptors (Lipinski definition) is 4. The smallest absolute Gasteiger partial charge is 0.319 e. The lowest BCUT2D eigenvalue weighted by molar-refractivity contribution is -0.117. The summed E-state index contributed by atoms with van der Waals surface area (Å²) < 4.78 is 22.5. The van der Waals surface area contributed by atoms with E-state index in [1.165, 1.54) is 24.3 Å². The molecule has 2 aromatic carbocycles. The molecular formula is C17H17ClN4O4S. The van der Waals surface area contributed by atoms with Gasteiger partial charge in [0.15, 0.2) is 0 Å². The van der Waals surface area contributed by atoms with E-state index in [4.69, 9.17) is 16.7 Å². The van der Waals surface area contributed by atoms with Crippen LogP contribution in [0.25, 0.3) is 0 Å². The second-order valence-electron chi connectivity index (χ2n) is 6.05. The Labute approximate surface area is 161 Å². The number of sulfonamides is 1. The Hall–Kier alpha value is -2.62. The van der Waals surface area contributed by atoms with Crippen molar-refractivity contribution in [2.75, 3.05) is 16.8 Å². The first-order valence-electron chi connectivity index (χ1n) is 7.99. The third-order valence-corrected chi connectivity index (χ3v) is 5.22. The average molecular weight is 409 g/mol. The van der Waals surface area contributed by atoms with E-state index < -0.39 is 16.1 Å². The molecule has 1 saturated heterocycles. The summed E-state index contributed by atoms with van der Waals surface area (Å²) in [5.74, 6) is -0.0971. The zero-order chi connectivity index (χ0) is 19.6. The van der Waals surface area contributed by atoms with Crippen LogP contribution < -0.4 is 20.7 Å². The lowest BCUT2D eigenvalue weighted by Crippen LogP contribution is -2.39. The minimum atomic E-state index is -3.79. The minimum absolute atomic E-state index is 0.0477. The normalized spacial score (nSPS) is 17.0. The second-order valence-corrected chi connectivity index (χ2v) is 8.05. The van der Waals surface area contributed by atoms with Gasteiger partial charge in [-0.2, -0.15) is 0 Å². The quantitative estimate of drug-likeness (QED) is 0.715. The number of carbonyl (C=O) groups is 2. The average Bonchev–Trinajstić information content (AvgIpc) is 2.95. The molecule has 0 unspecified atom stereocenters. The molecule has 1 heterocycles. The highest BCUT2D eigenvalue weighted by molar-refractivity contribution is 7.89. The van der Waals surface area contributed by atoms with Gasteiger partial charge in [-0.25, -0.2) is 18.4 Å². The Morgan fingerprint density at radius 3 is 2.33 bits per heavy atom. The second kappa shape index (κ2) is 7.55. The minimum Gasteiger partial charge on any atom is -0.333 e. The van der Waals surface area contributed by atoms with Crippen LogP contribution in [0.5, 0.6) is 0 Å². The molecule has 4 N–H and O–H groups in total. The Balaban J connectivity index is 1.58. The lowest BCUT2D eigenvalue weighted by atomic mass is 10.2. The van der Waals surface area contributed by atoms with E-state index in [0.29, 0.717) is 22.9 Å². The number of nitrogens with one attached hydrogen (secondary N) is 2. The van der Waals surface area contributed by atoms with Gasteiger partial charge in [-0.15, -0.1) is 0 Å². The molecule has 1 atom stereocenters. The van der Waals surface area contributed by atoms with Gasteiger partial charge in [0.05, 0.1) is 10.9 Å². The summed E-state index contributed by atoms with van der Waals surface area (Å²) in [4.78, 5) is 25.9. The SMILES string of the molecule is NS(=O)(=O)c1ccc(NC(=O)N[C@H]2CC(=O)N(c3ccc(Cl)cc3)C2)cc1. The predicted molar refractivity (Wildman–Crippen MR) is 102 cm³/mol. The van der Waals surface area contributed by atoms with Crippen LogP contribution in [0.2, 0.25) is 5.02 Å². The number of nitrogens with zero attached hydrogens (tertiary/aromatic N) is 1. The number of benzene rings is 2. The van der Waals surface area contributed by atoms with Gasteiger partial charge in [-0.05, 0) is 48.5 Å². The molecule has 1 aliphatic rings. The van der Waals surface area contributed by atoms with Crippen molar-refractivity contribution in [1.82, 2.24) is 5.32 Å². The third-order valence-electron chi connectivity index (χ3n) is 4.04. The van der Waals surface area contributed by atoms with E-state index in [0.717, 1.165) is 0 Å². The molecule has 3 amide bonds. The molecule has 0 bridgehead atoms. The van der Waals surface area contributed by atoms with Crippen LogP contribution in [0.3, 0.4) is 0 Å². The molecule has 1 aliphatic heterocycles. The summed E-state index contributed by atoms with van der Waals surface area (Å²) in [6.07, 6.45) is 0.181. The Morgan fingerprint density at radius 1 is 1.11 bits per heavy atom. The highest BCUT2D eigenvalue weighted by Crippen LogP contribution is 2.23. The standard InChI is InChI=1S/C17H17ClN4O4S/c18-11-1-5-14(6-2-11)22-10-13(9-16(22)23)21-17(24)20-12-3-7-15(8-4-12)27(19,25)26/h1-8,13H,9-10H2,(H2,19,25,26)(H2,20,21,24)/t13-/m0/s1. The van der Waals surface area contributed by atoms with Crippen LogP contribution >= 0.6 is 11.6 Å². The Morgan fingerprint density at radius 2 is 1.74 bits per heavy atom. The number of rotatable bonds is 4.